The summed E-state index contributed by atoms with van der Waals surface area (Å²) in [6.45, 7) is 11.9. The average Bonchev–Trinajstić information content (AvgIpc) is 3.67. The maximum absolute atomic E-state index is 12.9. The number of aromatic nitrogens is 2. The highest BCUT2D eigenvalue weighted by molar-refractivity contribution is 5.91. The maximum atomic E-state index is 12.9. The zero-order valence-corrected chi connectivity index (χ0v) is 25.7. The third-order valence-electron chi connectivity index (χ3n) is 8.65. The molecule has 3 heterocycles. The number of hydrogen-bond donors (Lipinski definition) is 3. The lowest BCUT2D eigenvalue weighted by Crippen LogP contribution is -2.33. The van der Waals surface area contributed by atoms with Crippen LogP contribution in [-0.2, 0) is 16.6 Å². The Balaban J connectivity index is 1.07. The van der Waals surface area contributed by atoms with Crippen LogP contribution in [-0.4, -0.2) is 48.2 Å². The molecule has 3 N–H and O–H groups in total. The standard InChI is InChI=1S/C34H47N5O3/c1-23-10-11-27(34(2,3)4)18-26(23)19-28-12-13-30(42-28)32(40)37-20-24-7-5-8-25(17-24)21-38-33-35-15-14-31(39-33)36-22-29-9-6-16-41-29/h10-15,18,24-25,29H,5-9,16-17,19-22H2,1-4H3,(H,37,40)(H2,35,36,38,39). The van der Waals surface area contributed by atoms with Gasteiger partial charge >= 0.3 is 0 Å². The normalized spacial score (nSPS) is 20.8. The third-order valence-corrected chi connectivity index (χ3v) is 8.65. The molecule has 1 aliphatic carbocycles. The third kappa shape index (κ3) is 8.34. The molecular weight excluding hydrogens is 526 g/mol. The van der Waals surface area contributed by atoms with Gasteiger partial charge < -0.3 is 25.1 Å². The number of anilines is 2. The number of amides is 1. The second-order valence-corrected chi connectivity index (χ2v) is 13.1. The van der Waals surface area contributed by atoms with E-state index >= 15 is 0 Å². The summed E-state index contributed by atoms with van der Waals surface area (Å²) in [4.78, 5) is 21.9. The van der Waals surface area contributed by atoms with Crippen LogP contribution in [0.5, 0.6) is 0 Å². The van der Waals surface area contributed by atoms with Gasteiger partial charge in [-0.3, -0.25) is 4.79 Å². The minimum Gasteiger partial charge on any atom is -0.456 e. The van der Waals surface area contributed by atoms with Gasteiger partial charge in [-0.15, -0.1) is 0 Å². The Morgan fingerprint density at radius 2 is 1.81 bits per heavy atom. The smallest absolute Gasteiger partial charge is 0.287 e. The van der Waals surface area contributed by atoms with Crippen LogP contribution in [0.1, 0.15) is 92.3 Å². The number of carbonyl (C=O) groups excluding carboxylic acids is 1. The molecule has 42 heavy (non-hydrogen) atoms. The number of benzene rings is 1. The van der Waals surface area contributed by atoms with E-state index in [0.29, 0.717) is 36.5 Å². The van der Waals surface area contributed by atoms with Crippen LogP contribution >= 0.6 is 0 Å². The Bertz CT molecular complexity index is 1320. The molecule has 3 aromatic rings. The van der Waals surface area contributed by atoms with Crippen molar-refractivity contribution in [2.24, 2.45) is 11.8 Å². The Morgan fingerprint density at radius 1 is 0.976 bits per heavy atom. The summed E-state index contributed by atoms with van der Waals surface area (Å²) >= 11 is 0. The Kier molecular flexibility index (Phi) is 9.83. The zero-order chi connectivity index (χ0) is 29.5. The van der Waals surface area contributed by atoms with Crippen LogP contribution in [0.4, 0.5) is 11.8 Å². The van der Waals surface area contributed by atoms with E-state index in [4.69, 9.17) is 9.15 Å². The highest BCUT2D eigenvalue weighted by Crippen LogP contribution is 2.29. The molecule has 1 amide bonds. The Labute approximate surface area is 250 Å². The quantitative estimate of drug-likeness (QED) is 0.241. The molecule has 8 heteroatoms. The van der Waals surface area contributed by atoms with E-state index in [1.54, 1.807) is 12.3 Å². The first-order valence-corrected chi connectivity index (χ1v) is 15.6. The molecule has 226 valence electrons. The van der Waals surface area contributed by atoms with Crippen molar-refractivity contribution in [1.82, 2.24) is 15.3 Å². The Hall–Kier alpha value is -3.39. The average molecular weight is 574 g/mol. The second-order valence-electron chi connectivity index (χ2n) is 13.1. The summed E-state index contributed by atoms with van der Waals surface area (Å²) in [5, 5.41) is 9.94. The lowest BCUT2D eigenvalue weighted by molar-refractivity contribution is 0.0911. The minimum absolute atomic E-state index is 0.0889. The van der Waals surface area contributed by atoms with Gasteiger partial charge in [0.2, 0.25) is 5.95 Å². The predicted molar refractivity (Wildman–Crippen MR) is 167 cm³/mol. The highest BCUT2D eigenvalue weighted by Gasteiger charge is 2.24. The highest BCUT2D eigenvalue weighted by atomic mass is 16.5. The van der Waals surface area contributed by atoms with Gasteiger partial charge in [-0.25, -0.2) is 4.98 Å². The van der Waals surface area contributed by atoms with Gasteiger partial charge in [0.05, 0.1) is 6.10 Å². The molecule has 3 atom stereocenters. The summed E-state index contributed by atoms with van der Waals surface area (Å²) < 4.78 is 11.7. The van der Waals surface area contributed by atoms with E-state index in [0.717, 1.165) is 63.4 Å². The summed E-state index contributed by atoms with van der Waals surface area (Å²) in [6.07, 6.45) is 9.49. The van der Waals surface area contributed by atoms with Gasteiger partial charge in [0, 0.05) is 38.9 Å². The molecule has 2 aromatic heterocycles. The lowest BCUT2D eigenvalue weighted by atomic mass is 9.81. The van der Waals surface area contributed by atoms with E-state index in [2.05, 4.69) is 71.8 Å². The summed E-state index contributed by atoms with van der Waals surface area (Å²) in [5.41, 5.74) is 3.86. The van der Waals surface area contributed by atoms with E-state index in [9.17, 15) is 4.79 Å². The van der Waals surface area contributed by atoms with E-state index in [1.165, 1.54) is 23.1 Å². The number of nitrogens with zero attached hydrogens (tertiary/aromatic N) is 2. The van der Waals surface area contributed by atoms with Crippen molar-refractivity contribution < 1.29 is 13.9 Å². The molecule has 1 aliphatic heterocycles. The summed E-state index contributed by atoms with van der Waals surface area (Å²) in [6, 6.07) is 12.3. The van der Waals surface area contributed by atoms with Crippen LogP contribution < -0.4 is 16.0 Å². The molecule has 5 rings (SSSR count). The van der Waals surface area contributed by atoms with Gasteiger partial charge in [0.15, 0.2) is 5.76 Å². The van der Waals surface area contributed by atoms with Crippen LogP contribution in [0.3, 0.4) is 0 Å². The van der Waals surface area contributed by atoms with E-state index < -0.39 is 0 Å². The molecular formula is C34H47N5O3. The second kappa shape index (κ2) is 13.7. The lowest BCUT2D eigenvalue weighted by Gasteiger charge is -2.29. The molecule has 1 saturated heterocycles. The molecule has 2 fully saturated rings. The zero-order valence-electron chi connectivity index (χ0n) is 25.7. The molecule has 1 saturated carbocycles. The first-order valence-electron chi connectivity index (χ1n) is 15.6. The van der Waals surface area contributed by atoms with E-state index in [1.807, 2.05) is 12.1 Å². The van der Waals surface area contributed by atoms with Crippen LogP contribution in [0, 0.1) is 18.8 Å². The number of aryl methyl sites for hydroxylation is 1. The summed E-state index contributed by atoms with van der Waals surface area (Å²) in [5.74, 6) is 3.50. The van der Waals surface area contributed by atoms with Gasteiger partial charge in [-0.1, -0.05) is 45.4 Å². The summed E-state index contributed by atoms with van der Waals surface area (Å²) in [7, 11) is 0. The van der Waals surface area contributed by atoms with Crippen LogP contribution in [0.25, 0.3) is 0 Å². The number of ether oxygens (including phenoxy) is 1. The molecule has 0 radical (unpaired) electrons. The SMILES string of the molecule is Cc1ccc(C(C)(C)C)cc1Cc1ccc(C(=O)NCC2CCCC(CNc3nccc(NCC4CCCO4)n3)C2)o1. The molecule has 0 spiro atoms. The van der Waals surface area contributed by atoms with Gasteiger partial charge in [0.1, 0.15) is 11.6 Å². The number of furan rings is 1. The van der Waals surface area contributed by atoms with Gasteiger partial charge in [-0.05, 0) is 91.2 Å². The fourth-order valence-corrected chi connectivity index (χ4v) is 6.01. The van der Waals surface area contributed by atoms with Crippen molar-refractivity contribution in [1.29, 1.82) is 0 Å². The van der Waals surface area contributed by atoms with Crippen LogP contribution in [0.2, 0.25) is 0 Å². The fraction of sp³-hybridized carbons (Fsp3) is 0.559. The number of rotatable bonds is 11. The van der Waals surface area contributed by atoms with Crippen molar-refractivity contribution in [3.8, 4) is 0 Å². The molecule has 1 aromatic carbocycles. The Morgan fingerprint density at radius 3 is 2.60 bits per heavy atom. The van der Waals surface area contributed by atoms with Crippen molar-refractivity contribution in [3.63, 3.8) is 0 Å². The predicted octanol–water partition coefficient (Wildman–Crippen LogP) is 6.51. The molecule has 8 nitrogen and oxygen atoms in total. The largest absolute Gasteiger partial charge is 0.456 e. The molecule has 3 unspecified atom stereocenters. The van der Waals surface area contributed by atoms with Gasteiger partial charge in [0.25, 0.3) is 5.91 Å². The number of nitrogens with one attached hydrogen (secondary N) is 3. The molecule has 2 aliphatic rings. The maximum Gasteiger partial charge on any atom is 0.287 e. The monoisotopic (exact) mass is 573 g/mol. The first-order chi connectivity index (χ1) is 20.2. The van der Waals surface area contributed by atoms with Crippen molar-refractivity contribution in [2.45, 2.75) is 84.2 Å². The number of carbonyl (C=O) groups is 1. The fourth-order valence-electron chi connectivity index (χ4n) is 6.01. The topological polar surface area (TPSA) is 101 Å². The van der Waals surface area contributed by atoms with Crippen LogP contribution in [0.15, 0.2) is 47.0 Å². The first kappa shape index (κ1) is 30.1. The van der Waals surface area contributed by atoms with Crippen molar-refractivity contribution >= 4 is 17.7 Å². The molecule has 0 bridgehead atoms. The van der Waals surface area contributed by atoms with Gasteiger partial charge in [-0.2, -0.15) is 4.98 Å². The van der Waals surface area contributed by atoms with E-state index in [-0.39, 0.29) is 17.4 Å². The van der Waals surface area contributed by atoms with Crippen molar-refractivity contribution in [3.05, 3.63) is 70.8 Å². The minimum atomic E-state index is -0.137. The number of hydrogen-bond acceptors (Lipinski definition) is 7. The van der Waals surface area contributed by atoms with Crippen molar-refractivity contribution in [2.75, 3.05) is 36.9 Å².